The van der Waals surface area contributed by atoms with Gasteiger partial charge in [0.15, 0.2) is 6.10 Å². The van der Waals surface area contributed by atoms with Crippen molar-refractivity contribution in [2.45, 2.75) is 33.4 Å². The van der Waals surface area contributed by atoms with E-state index in [2.05, 4.69) is 5.32 Å². The van der Waals surface area contributed by atoms with Crippen LogP contribution < -0.4 is 5.32 Å². The van der Waals surface area contributed by atoms with Crippen molar-refractivity contribution in [3.05, 3.63) is 57.4 Å². The Labute approximate surface area is 191 Å². The van der Waals surface area contributed by atoms with Crippen LogP contribution in [0.5, 0.6) is 0 Å². The first-order valence-corrected chi connectivity index (χ1v) is 10.1. The van der Waals surface area contributed by atoms with Crippen LogP contribution in [0.3, 0.4) is 0 Å². The van der Waals surface area contributed by atoms with Gasteiger partial charge >= 0.3 is 5.97 Å². The zero-order valence-electron chi connectivity index (χ0n) is 18.2. The summed E-state index contributed by atoms with van der Waals surface area (Å²) in [4.78, 5) is 24.9. The number of nitriles is 2. The largest absolute Gasteiger partial charge is 0.448 e. The van der Waals surface area contributed by atoms with E-state index >= 15 is 0 Å². The molecule has 166 valence electrons. The topological polar surface area (TPSA) is 117 Å². The average Bonchev–Trinajstić information content (AvgIpc) is 3.02. The summed E-state index contributed by atoms with van der Waals surface area (Å²) < 4.78 is 12.3. The van der Waals surface area contributed by atoms with Crippen molar-refractivity contribution >= 4 is 35.2 Å². The Morgan fingerprint density at radius 2 is 2.00 bits per heavy atom. The minimum absolute atomic E-state index is 0.188. The number of halogens is 1. The maximum atomic E-state index is 12.5. The average molecular weight is 455 g/mol. The second-order valence-corrected chi connectivity index (χ2v) is 7.39. The molecule has 1 unspecified atom stereocenters. The quantitative estimate of drug-likeness (QED) is 0.368. The Hall–Kier alpha value is -3.59. The molecule has 1 heterocycles. The summed E-state index contributed by atoms with van der Waals surface area (Å²) in [7, 11) is 1.62. The number of aryl methyl sites for hydroxylation is 1. The van der Waals surface area contributed by atoms with Crippen molar-refractivity contribution in [3.8, 4) is 12.1 Å². The lowest BCUT2D eigenvalue weighted by Gasteiger charge is -2.13. The predicted octanol–water partition coefficient (Wildman–Crippen LogP) is 3.75. The molecular formula is C23H23ClN4O4. The molecule has 0 bridgehead atoms. The first-order chi connectivity index (χ1) is 15.2. The Bertz CT molecular complexity index is 1140. The Morgan fingerprint density at radius 3 is 2.59 bits per heavy atom. The molecule has 0 aliphatic carbocycles. The third-order valence-electron chi connectivity index (χ3n) is 4.78. The molecule has 32 heavy (non-hydrogen) atoms. The lowest BCUT2D eigenvalue weighted by Crippen LogP contribution is -2.30. The van der Waals surface area contributed by atoms with E-state index < -0.39 is 18.0 Å². The van der Waals surface area contributed by atoms with Gasteiger partial charge < -0.3 is 19.4 Å². The molecule has 0 saturated heterocycles. The van der Waals surface area contributed by atoms with Crippen molar-refractivity contribution < 1.29 is 19.1 Å². The van der Waals surface area contributed by atoms with Crippen LogP contribution in [0.1, 0.15) is 29.4 Å². The fourth-order valence-corrected chi connectivity index (χ4v) is 3.22. The van der Waals surface area contributed by atoms with Crippen LogP contribution in [0.4, 0.5) is 5.69 Å². The summed E-state index contributed by atoms with van der Waals surface area (Å²) in [6.07, 6.45) is 0.279. The monoisotopic (exact) mass is 454 g/mol. The second-order valence-electron chi connectivity index (χ2n) is 6.98. The lowest BCUT2D eigenvalue weighted by molar-refractivity contribution is -0.148. The van der Waals surface area contributed by atoms with Crippen LogP contribution in [0.2, 0.25) is 5.02 Å². The van der Waals surface area contributed by atoms with Gasteiger partial charge in [0, 0.05) is 30.7 Å². The predicted molar refractivity (Wildman–Crippen MR) is 120 cm³/mol. The van der Waals surface area contributed by atoms with Crippen molar-refractivity contribution in [3.63, 3.8) is 0 Å². The fourth-order valence-electron chi connectivity index (χ4n) is 3.00. The van der Waals surface area contributed by atoms with Gasteiger partial charge in [-0.05, 0) is 56.7 Å². The van der Waals surface area contributed by atoms with Crippen LogP contribution >= 0.6 is 11.6 Å². The SMILES string of the molecule is COCCn1c(C)cc(/C=C(\C#N)C(=O)OC(C)C(=O)Nc2ccc(C#N)c(Cl)c2)c1C. The highest BCUT2D eigenvalue weighted by molar-refractivity contribution is 6.32. The van der Waals surface area contributed by atoms with E-state index in [0.29, 0.717) is 24.4 Å². The molecule has 1 amide bonds. The fraction of sp³-hybridized carbons (Fsp3) is 0.304. The molecule has 1 atom stereocenters. The number of ether oxygens (including phenoxy) is 2. The van der Waals surface area contributed by atoms with E-state index in [1.54, 1.807) is 7.11 Å². The van der Waals surface area contributed by atoms with Crippen molar-refractivity contribution in [2.24, 2.45) is 0 Å². The van der Waals surface area contributed by atoms with Gasteiger partial charge in [0.1, 0.15) is 17.7 Å². The van der Waals surface area contributed by atoms with Gasteiger partial charge in [0.25, 0.3) is 5.91 Å². The van der Waals surface area contributed by atoms with Crippen molar-refractivity contribution in [2.75, 3.05) is 19.0 Å². The molecule has 2 rings (SSSR count). The standard InChI is InChI=1S/C23H23ClN4O4/c1-14-9-18(15(2)28(14)7-8-31-4)10-19(13-26)23(30)32-16(3)22(29)27-20-6-5-17(12-25)21(24)11-20/h5-6,9-11,16H,7-8H2,1-4H3,(H,27,29)/b19-10+. The number of carbonyl (C=O) groups is 2. The summed E-state index contributed by atoms with van der Waals surface area (Å²) in [5, 5.41) is 21.1. The van der Waals surface area contributed by atoms with E-state index in [1.165, 1.54) is 31.2 Å². The zero-order valence-corrected chi connectivity index (χ0v) is 19.0. The molecular weight excluding hydrogens is 432 g/mol. The molecule has 0 aliphatic heterocycles. The van der Waals surface area contributed by atoms with Crippen LogP contribution in [0.25, 0.3) is 6.08 Å². The molecule has 0 saturated carbocycles. The minimum atomic E-state index is -1.16. The molecule has 2 aromatic rings. The normalized spacial score (nSPS) is 11.9. The first-order valence-electron chi connectivity index (χ1n) is 9.70. The molecule has 0 aliphatic rings. The number of nitrogens with zero attached hydrogens (tertiary/aromatic N) is 3. The number of amides is 1. The first kappa shape index (κ1) is 24.7. The Morgan fingerprint density at radius 1 is 1.28 bits per heavy atom. The molecule has 1 aromatic heterocycles. The number of anilines is 1. The van der Waals surface area contributed by atoms with Gasteiger partial charge in [-0.25, -0.2) is 4.79 Å². The number of aromatic nitrogens is 1. The third-order valence-corrected chi connectivity index (χ3v) is 5.09. The summed E-state index contributed by atoms with van der Waals surface area (Å²) >= 11 is 5.96. The van der Waals surface area contributed by atoms with E-state index in [9.17, 15) is 14.9 Å². The second kappa shape index (κ2) is 11.1. The Balaban J connectivity index is 2.11. The van der Waals surface area contributed by atoms with Crippen LogP contribution in [-0.4, -0.2) is 36.3 Å². The molecule has 0 fully saturated rings. The number of benzene rings is 1. The van der Waals surface area contributed by atoms with Gasteiger partial charge in [0.2, 0.25) is 0 Å². The van der Waals surface area contributed by atoms with E-state index in [-0.39, 0.29) is 16.2 Å². The summed E-state index contributed by atoms with van der Waals surface area (Å²) in [5.74, 6) is -1.51. The number of nitrogens with one attached hydrogen (secondary N) is 1. The minimum Gasteiger partial charge on any atom is -0.448 e. The maximum Gasteiger partial charge on any atom is 0.349 e. The van der Waals surface area contributed by atoms with Gasteiger partial charge in [-0.1, -0.05) is 11.6 Å². The van der Waals surface area contributed by atoms with E-state index in [1.807, 2.05) is 36.6 Å². The Kier molecular flexibility index (Phi) is 8.60. The van der Waals surface area contributed by atoms with E-state index in [4.69, 9.17) is 26.3 Å². The summed E-state index contributed by atoms with van der Waals surface area (Å²) in [6, 6.07) is 10.0. The number of esters is 1. The molecule has 8 nitrogen and oxygen atoms in total. The maximum absolute atomic E-state index is 12.5. The molecule has 1 N–H and O–H groups in total. The van der Waals surface area contributed by atoms with Gasteiger partial charge in [-0.15, -0.1) is 0 Å². The highest BCUT2D eigenvalue weighted by Gasteiger charge is 2.21. The highest BCUT2D eigenvalue weighted by Crippen LogP contribution is 2.21. The van der Waals surface area contributed by atoms with Crippen LogP contribution in [0, 0.1) is 36.5 Å². The third kappa shape index (κ3) is 5.98. The molecule has 1 aromatic carbocycles. The lowest BCUT2D eigenvalue weighted by atomic mass is 10.1. The van der Waals surface area contributed by atoms with Gasteiger partial charge in [-0.2, -0.15) is 10.5 Å². The molecule has 0 spiro atoms. The van der Waals surface area contributed by atoms with Gasteiger partial charge in [0.05, 0.1) is 17.2 Å². The van der Waals surface area contributed by atoms with E-state index in [0.717, 1.165) is 11.4 Å². The molecule has 0 radical (unpaired) electrons. The molecule has 9 heteroatoms. The number of rotatable bonds is 8. The zero-order chi connectivity index (χ0) is 23.8. The number of methoxy groups -OCH3 is 1. The number of hydrogen-bond acceptors (Lipinski definition) is 6. The smallest absolute Gasteiger partial charge is 0.349 e. The van der Waals surface area contributed by atoms with Crippen molar-refractivity contribution in [1.82, 2.24) is 4.57 Å². The summed E-state index contributed by atoms with van der Waals surface area (Å²) in [6.45, 7) is 6.37. The van der Waals surface area contributed by atoms with Crippen molar-refractivity contribution in [1.29, 1.82) is 10.5 Å². The van der Waals surface area contributed by atoms with Crippen LogP contribution in [-0.2, 0) is 25.6 Å². The van der Waals surface area contributed by atoms with Gasteiger partial charge in [-0.3, -0.25) is 4.79 Å². The highest BCUT2D eigenvalue weighted by atomic mass is 35.5. The summed E-state index contributed by atoms with van der Waals surface area (Å²) in [5.41, 5.74) is 2.94. The van der Waals surface area contributed by atoms with Crippen LogP contribution in [0.15, 0.2) is 29.8 Å². The number of hydrogen-bond donors (Lipinski definition) is 1. The number of carbonyl (C=O) groups excluding carboxylic acids is 2.